The maximum Gasteiger partial charge on any atom is 0.237 e. The molecule has 0 fully saturated rings. The lowest BCUT2D eigenvalue weighted by atomic mass is 10.4. The molecule has 0 spiro atoms. The van der Waals surface area contributed by atoms with E-state index in [2.05, 4.69) is 0 Å². The number of rotatable bonds is 7. The molecular weight excluding hydrogens is 270 g/mol. The van der Waals surface area contributed by atoms with Gasteiger partial charge in [-0.3, -0.25) is 9.59 Å². The average molecular weight is 287 g/mol. The van der Waals surface area contributed by atoms with Gasteiger partial charge in [-0.2, -0.15) is 0 Å². The van der Waals surface area contributed by atoms with Gasteiger partial charge in [0.15, 0.2) is 21.9 Å². The third-order valence-corrected chi connectivity index (χ3v) is 4.03. The summed E-state index contributed by atoms with van der Waals surface area (Å²) in [6.45, 7) is 4.52. The van der Waals surface area contributed by atoms with Gasteiger partial charge in [-0.15, -0.1) is 0 Å². The van der Waals surface area contributed by atoms with Crippen LogP contribution in [-0.4, -0.2) is 44.4 Å². The summed E-state index contributed by atoms with van der Waals surface area (Å²) in [6.07, 6.45) is 0.497. The smallest absolute Gasteiger partial charge is 0.237 e. The predicted molar refractivity (Wildman–Crippen MR) is 69.5 cm³/mol. The van der Waals surface area contributed by atoms with Crippen molar-refractivity contribution in [3.8, 4) is 0 Å². The average Bonchev–Trinajstić information content (AvgIpc) is 2.76. The van der Waals surface area contributed by atoms with Gasteiger partial charge < -0.3 is 9.32 Å². The van der Waals surface area contributed by atoms with E-state index < -0.39 is 21.5 Å². The third-order valence-electron chi connectivity index (χ3n) is 2.62. The Kier molecular flexibility index (Phi) is 5.29. The molecule has 1 heterocycles. The van der Waals surface area contributed by atoms with Gasteiger partial charge in [0, 0.05) is 13.1 Å². The lowest BCUT2D eigenvalue weighted by Gasteiger charge is -2.18. The van der Waals surface area contributed by atoms with Crippen molar-refractivity contribution in [2.24, 2.45) is 0 Å². The van der Waals surface area contributed by atoms with Crippen molar-refractivity contribution < 1.29 is 22.4 Å². The van der Waals surface area contributed by atoms with Crippen molar-refractivity contribution in [1.29, 1.82) is 0 Å². The van der Waals surface area contributed by atoms with Crippen molar-refractivity contribution in [2.45, 2.75) is 19.6 Å². The van der Waals surface area contributed by atoms with E-state index in [-0.39, 0.29) is 17.3 Å². The van der Waals surface area contributed by atoms with Crippen LogP contribution in [0.1, 0.15) is 30.2 Å². The molecule has 0 N–H and O–H groups in total. The molecule has 106 valence electrons. The van der Waals surface area contributed by atoms with Crippen molar-refractivity contribution in [3.63, 3.8) is 0 Å². The van der Waals surface area contributed by atoms with Crippen LogP contribution in [-0.2, 0) is 20.4 Å². The molecule has 0 saturated heterocycles. The number of nitrogens with zero attached hydrogens (tertiary/aromatic N) is 1. The summed E-state index contributed by atoms with van der Waals surface area (Å²) in [4.78, 5) is 23.6. The minimum atomic E-state index is -3.59. The van der Waals surface area contributed by atoms with Gasteiger partial charge in [0.1, 0.15) is 17.3 Å². The number of sulfone groups is 1. The van der Waals surface area contributed by atoms with E-state index in [4.69, 9.17) is 4.42 Å². The van der Waals surface area contributed by atoms with Crippen LogP contribution < -0.4 is 0 Å². The van der Waals surface area contributed by atoms with Crippen LogP contribution in [0.4, 0.5) is 0 Å². The van der Waals surface area contributed by atoms with Crippen LogP contribution in [0.25, 0.3) is 0 Å². The molecule has 6 nitrogen and oxygen atoms in total. The Bertz CT molecular complexity index is 542. The number of carbonyl (C=O) groups excluding carboxylic acids is 2. The van der Waals surface area contributed by atoms with E-state index in [1.54, 1.807) is 13.8 Å². The van der Waals surface area contributed by atoms with Crippen molar-refractivity contribution in [1.82, 2.24) is 4.90 Å². The van der Waals surface area contributed by atoms with Crippen LogP contribution in [0, 0.1) is 0 Å². The van der Waals surface area contributed by atoms with Gasteiger partial charge in [-0.05, 0) is 26.0 Å². The summed E-state index contributed by atoms with van der Waals surface area (Å²) < 4.78 is 28.7. The van der Waals surface area contributed by atoms with Crippen molar-refractivity contribution in [3.05, 3.63) is 23.7 Å². The Balaban J connectivity index is 2.71. The van der Waals surface area contributed by atoms with E-state index in [0.717, 1.165) is 0 Å². The second kappa shape index (κ2) is 6.51. The molecule has 0 bridgehead atoms. The number of carbonyl (C=O) groups is 2. The molecule has 0 aromatic carbocycles. The number of hydrogen-bond acceptors (Lipinski definition) is 5. The quantitative estimate of drug-likeness (QED) is 0.695. The molecule has 0 saturated carbocycles. The fourth-order valence-electron chi connectivity index (χ4n) is 1.66. The molecule has 1 aromatic heterocycles. The summed E-state index contributed by atoms with van der Waals surface area (Å²) >= 11 is 0. The van der Waals surface area contributed by atoms with Gasteiger partial charge in [-0.1, -0.05) is 0 Å². The molecule has 7 heteroatoms. The van der Waals surface area contributed by atoms with Crippen LogP contribution in [0.3, 0.4) is 0 Å². The van der Waals surface area contributed by atoms with Gasteiger partial charge in [0.05, 0.1) is 0 Å². The molecule has 1 rings (SSSR count). The molecule has 19 heavy (non-hydrogen) atoms. The van der Waals surface area contributed by atoms with Crippen molar-refractivity contribution >= 4 is 22.0 Å². The third kappa shape index (κ3) is 4.51. The van der Waals surface area contributed by atoms with Crippen LogP contribution in [0.2, 0.25) is 0 Å². The largest absolute Gasteiger partial charge is 0.457 e. The van der Waals surface area contributed by atoms with Gasteiger partial charge in [-0.25, -0.2) is 8.42 Å². The maximum absolute atomic E-state index is 11.8. The second-order valence-corrected chi connectivity index (χ2v) is 6.08. The summed E-state index contributed by atoms with van der Waals surface area (Å²) in [5.74, 6) is -1.12. The summed E-state index contributed by atoms with van der Waals surface area (Å²) in [5.41, 5.74) is 0. The molecule has 0 unspecified atom stereocenters. The highest BCUT2D eigenvalue weighted by molar-refractivity contribution is 7.91. The SMILES string of the molecule is CCN(CC)C(=O)CS(=O)(=O)Cc1ccc(C=O)o1. The first-order valence-electron chi connectivity index (χ1n) is 5.94. The monoisotopic (exact) mass is 287 g/mol. The van der Waals surface area contributed by atoms with Crippen LogP contribution in [0.5, 0.6) is 0 Å². The predicted octanol–water partition coefficient (Wildman–Crippen LogP) is 0.875. The first kappa shape index (κ1) is 15.4. The summed E-state index contributed by atoms with van der Waals surface area (Å²) in [6, 6.07) is 2.81. The number of furan rings is 1. The van der Waals surface area contributed by atoms with Crippen molar-refractivity contribution in [2.75, 3.05) is 18.8 Å². The van der Waals surface area contributed by atoms with E-state index in [1.807, 2.05) is 0 Å². The Morgan fingerprint density at radius 3 is 2.42 bits per heavy atom. The zero-order valence-electron chi connectivity index (χ0n) is 11.0. The van der Waals surface area contributed by atoms with Gasteiger partial charge >= 0.3 is 0 Å². The fraction of sp³-hybridized carbons (Fsp3) is 0.500. The van der Waals surface area contributed by atoms with Gasteiger partial charge in [0.2, 0.25) is 5.91 Å². The standard InChI is InChI=1S/C12H17NO5S/c1-3-13(4-2)12(15)9-19(16,17)8-11-6-5-10(7-14)18-11/h5-7H,3-4,8-9H2,1-2H3. The molecule has 0 atom stereocenters. The zero-order valence-corrected chi connectivity index (χ0v) is 11.8. The number of amides is 1. The Hall–Kier alpha value is -1.63. The minimum absolute atomic E-state index is 0.0697. The lowest BCUT2D eigenvalue weighted by Crippen LogP contribution is -2.35. The maximum atomic E-state index is 11.8. The Morgan fingerprint density at radius 2 is 1.95 bits per heavy atom. The molecule has 0 aliphatic carbocycles. The van der Waals surface area contributed by atoms with E-state index in [0.29, 0.717) is 19.4 Å². The molecule has 0 aliphatic rings. The zero-order chi connectivity index (χ0) is 14.5. The molecular formula is C12H17NO5S. The summed E-state index contributed by atoms with van der Waals surface area (Å²) in [7, 11) is -3.59. The minimum Gasteiger partial charge on any atom is -0.457 e. The number of hydrogen-bond donors (Lipinski definition) is 0. The fourth-order valence-corrected chi connectivity index (χ4v) is 2.91. The molecule has 0 aliphatic heterocycles. The highest BCUT2D eigenvalue weighted by Crippen LogP contribution is 2.11. The van der Waals surface area contributed by atoms with E-state index in [9.17, 15) is 18.0 Å². The van der Waals surface area contributed by atoms with Crippen LogP contribution >= 0.6 is 0 Å². The van der Waals surface area contributed by atoms with Crippen LogP contribution in [0.15, 0.2) is 16.5 Å². The second-order valence-electron chi connectivity index (χ2n) is 4.02. The Morgan fingerprint density at radius 1 is 1.32 bits per heavy atom. The normalized spacial score (nSPS) is 11.3. The number of aldehydes is 1. The molecule has 1 amide bonds. The topological polar surface area (TPSA) is 84.7 Å². The molecule has 0 radical (unpaired) electrons. The molecule has 1 aromatic rings. The first-order chi connectivity index (χ1) is 8.91. The Labute approximate surface area is 112 Å². The van der Waals surface area contributed by atoms with E-state index in [1.165, 1.54) is 17.0 Å². The van der Waals surface area contributed by atoms with Gasteiger partial charge in [0.25, 0.3) is 0 Å². The van der Waals surface area contributed by atoms with E-state index >= 15 is 0 Å². The lowest BCUT2D eigenvalue weighted by molar-refractivity contribution is -0.128. The highest BCUT2D eigenvalue weighted by Gasteiger charge is 2.22. The first-order valence-corrected chi connectivity index (χ1v) is 7.76. The summed E-state index contributed by atoms with van der Waals surface area (Å²) in [5, 5.41) is 0. The highest BCUT2D eigenvalue weighted by atomic mass is 32.2.